The van der Waals surface area contributed by atoms with E-state index in [1.165, 1.54) is 0 Å². The minimum absolute atomic E-state index is 0.292. The summed E-state index contributed by atoms with van der Waals surface area (Å²) in [7, 11) is 0. The third-order valence-electron chi connectivity index (χ3n) is 1.78. The Morgan fingerprint density at radius 1 is 1.54 bits per heavy atom. The number of hydrogen-bond acceptors (Lipinski definition) is 3. The second-order valence-electron chi connectivity index (χ2n) is 3.39. The molecule has 0 saturated carbocycles. The summed E-state index contributed by atoms with van der Waals surface area (Å²) in [5.41, 5.74) is 0. The lowest BCUT2D eigenvalue weighted by Crippen LogP contribution is -2.35. The van der Waals surface area contributed by atoms with Crippen molar-refractivity contribution in [3.63, 3.8) is 0 Å². The first-order valence-corrected chi connectivity index (χ1v) is 4.57. The molecule has 0 radical (unpaired) electrons. The van der Waals surface area contributed by atoms with E-state index < -0.39 is 0 Å². The maximum Gasteiger partial charge on any atom is 0.0636 e. The van der Waals surface area contributed by atoms with Gasteiger partial charge in [0.2, 0.25) is 0 Å². The molecule has 2 unspecified atom stereocenters. The second kappa shape index (κ2) is 4.99. The van der Waals surface area contributed by atoms with Gasteiger partial charge in [-0.25, -0.2) is 0 Å². The van der Waals surface area contributed by atoms with E-state index in [9.17, 15) is 0 Å². The van der Waals surface area contributed by atoms with E-state index in [0.29, 0.717) is 12.6 Å². The molecule has 0 bridgehead atoms. The maximum absolute atomic E-state index is 9.04. The van der Waals surface area contributed by atoms with Crippen LogP contribution in [0.4, 0.5) is 0 Å². The average molecular weight is 183 g/mol. The number of aliphatic hydroxyl groups is 1. The molecule has 2 atom stereocenters. The van der Waals surface area contributed by atoms with Crippen molar-refractivity contribution in [1.82, 2.24) is 15.1 Å². The fourth-order valence-electron chi connectivity index (χ4n) is 1.13. The van der Waals surface area contributed by atoms with Crippen molar-refractivity contribution in [2.24, 2.45) is 0 Å². The van der Waals surface area contributed by atoms with E-state index in [1.54, 1.807) is 13.1 Å². The first-order chi connectivity index (χ1) is 6.18. The van der Waals surface area contributed by atoms with Gasteiger partial charge in [-0.1, -0.05) is 0 Å². The number of rotatable bonds is 5. The largest absolute Gasteiger partial charge is 0.392 e. The highest BCUT2D eigenvalue weighted by Gasteiger charge is 2.03. The van der Waals surface area contributed by atoms with E-state index in [-0.39, 0.29) is 6.10 Å². The normalized spacial score (nSPS) is 15.6. The van der Waals surface area contributed by atoms with Crippen LogP contribution in [0.2, 0.25) is 0 Å². The molecule has 0 aliphatic carbocycles. The van der Waals surface area contributed by atoms with E-state index in [4.69, 9.17) is 5.11 Å². The average Bonchev–Trinajstić information content (AvgIpc) is 2.53. The molecule has 0 fully saturated rings. The summed E-state index contributed by atoms with van der Waals surface area (Å²) in [4.78, 5) is 0. The minimum atomic E-state index is -0.292. The monoisotopic (exact) mass is 183 g/mol. The number of aliphatic hydroxyl groups excluding tert-OH is 1. The molecule has 0 spiro atoms. The number of nitrogens with zero attached hydrogens (tertiary/aromatic N) is 2. The van der Waals surface area contributed by atoms with Gasteiger partial charge in [-0.05, 0) is 19.9 Å². The molecule has 0 aromatic carbocycles. The van der Waals surface area contributed by atoms with Gasteiger partial charge >= 0.3 is 0 Å². The Labute approximate surface area is 78.6 Å². The lowest BCUT2D eigenvalue weighted by molar-refractivity contribution is 0.185. The van der Waals surface area contributed by atoms with Crippen LogP contribution in [-0.2, 0) is 6.54 Å². The van der Waals surface area contributed by atoms with Crippen molar-refractivity contribution < 1.29 is 5.11 Å². The van der Waals surface area contributed by atoms with E-state index >= 15 is 0 Å². The zero-order valence-electron chi connectivity index (χ0n) is 8.14. The van der Waals surface area contributed by atoms with Crippen molar-refractivity contribution in [1.29, 1.82) is 0 Å². The first-order valence-electron chi connectivity index (χ1n) is 4.57. The molecule has 1 aromatic heterocycles. The van der Waals surface area contributed by atoms with Crippen molar-refractivity contribution >= 4 is 0 Å². The van der Waals surface area contributed by atoms with Gasteiger partial charge in [-0.15, -0.1) is 0 Å². The predicted molar refractivity (Wildman–Crippen MR) is 51.4 cm³/mol. The maximum atomic E-state index is 9.04. The van der Waals surface area contributed by atoms with Crippen LogP contribution in [0.3, 0.4) is 0 Å². The lowest BCUT2D eigenvalue weighted by atomic mass is 10.3. The molecule has 1 aromatic rings. The van der Waals surface area contributed by atoms with Crippen LogP contribution in [0.1, 0.15) is 13.8 Å². The van der Waals surface area contributed by atoms with Crippen LogP contribution in [0.15, 0.2) is 18.5 Å². The van der Waals surface area contributed by atoms with Gasteiger partial charge in [0.25, 0.3) is 0 Å². The minimum Gasteiger partial charge on any atom is -0.392 e. The van der Waals surface area contributed by atoms with Gasteiger partial charge in [0.15, 0.2) is 0 Å². The third kappa shape index (κ3) is 4.05. The molecule has 13 heavy (non-hydrogen) atoms. The number of hydrogen-bond donors (Lipinski definition) is 2. The first kappa shape index (κ1) is 10.2. The Morgan fingerprint density at radius 3 is 2.85 bits per heavy atom. The summed E-state index contributed by atoms with van der Waals surface area (Å²) in [5.74, 6) is 0. The van der Waals surface area contributed by atoms with Crippen LogP contribution < -0.4 is 5.32 Å². The Balaban J connectivity index is 2.22. The van der Waals surface area contributed by atoms with Gasteiger partial charge in [-0.2, -0.15) is 5.10 Å². The Bertz CT molecular complexity index is 221. The van der Waals surface area contributed by atoms with Gasteiger partial charge < -0.3 is 10.4 Å². The van der Waals surface area contributed by atoms with Crippen LogP contribution in [0.5, 0.6) is 0 Å². The Morgan fingerprint density at radius 2 is 2.31 bits per heavy atom. The quantitative estimate of drug-likeness (QED) is 0.687. The predicted octanol–water partition coefficient (Wildman–Crippen LogP) is 0.242. The highest BCUT2D eigenvalue weighted by molar-refractivity contribution is 4.79. The molecule has 4 nitrogen and oxygen atoms in total. The Kier molecular flexibility index (Phi) is 3.92. The van der Waals surface area contributed by atoms with E-state index in [2.05, 4.69) is 17.3 Å². The summed E-state index contributed by atoms with van der Waals surface area (Å²) in [6.45, 7) is 5.31. The third-order valence-corrected chi connectivity index (χ3v) is 1.78. The van der Waals surface area contributed by atoms with Crippen molar-refractivity contribution in [2.45, 2.75) is 32.5 Å². The van der Waals surface area contributed by atoms with Gasteiger partial charge in [0, 0.05) is 25.0 Å². The standard InChI is InChI=1S/C9H17N3O/c1-8(10-6-9(2)13)7-12-5-3-4-11-12/h3-5,8-10,13H,6-7H2,1-2H3. The molecule has 74 valence electrons. The lowest BCUT2D eigenvalue weighted by Gasteiger charge is -2.14. The summed E-state index contributed by atoms with van der Waals surface area (Å²) in [5, 5.41) is 16.3. The van der Waals surface area contributed by atoms with Crippen molar-refractivity contribution in [3.05, 3.63) is 18.5 Å². The summed E-state index contributed by atoms with van der Waals surface area (Å²) >= 11 is 0. The number of nitrogens with one attached hydrogen (secondary N) is 1. The Hall–Kier alpha value is -0.870. The summed E-state index contributed by atoms with van der Waals surface area (Å²) in [6.07, 6.45) is 3.40. The van der Waals surface area contributed by atoms with E-state index in [1.807, 2.05) is 16.9 Å². The molecule has 0 aliphatic heterocycles. The molecule has 0 amide bonds. The molecule has 1 rings (SSSR count). The van der Waals surface area contributed by atoms with Crippen molar-refractivity contribution in [3.8, 4) is 0 Å². The van der Waals surface area contributed by atoms with Gasteiger partial charge in [-0.3, -0.25) is 4.68 Å². The van der Waals surface area contributed by atoms with Crippen LogP contribution in [0, 0.1) is 0 Å². The highest BCUT2D eigenvalue weighted by Crippen LogP contribution is 1.90. The number of aromatic nitrogens is 2. The van der Waals surface area contributed by atoms with Gasteiger partial charge in [0.1, 0.15) is 0 Å². The highest BCUT2D eigenvalue weighted by atomic mass is 16.3. The van der Waals surface area contributed by atoms with Crippen molar-refractivity contribution in [2.75, 3.05) is 6.54 Å². The van der Waals surface area contributed by atoms with Gasteiger partial charge in [0.05, 0.1) is 12.6 Å². The topological polar surface area (TPSA) is 50.1 Å². The molecule has 0 saturated heterocycles. The smallest absolute Gasteiger partial charge is 0.0636 e. The van der Waals surface area contributed by atoms with E-state index in [0.717, 1.165) is 6.54 Å². The fourth-order valence-corrected chi connectivity index (χ4v) is 1.13. The van der Waals surface area contributed by atoms with Crippen LogP contribution in [0.25, 0.3) is 0 Å². The molecule has 2 N–H and O–H groups in total. The van der Waals surface area contributed by atoms with Crippen LogP contribution >= 0.6 is 0 Å². The van der Waals surface area contributed by atoms with Crippen LogP contribution in [-0.4, -0.2) is 33.6 Å². The molecule has 4 heteroatoms. The molecular weight excluding hydrogens is 166 g/mol. The SMILES string of the molecule is CC(O)CNC(C)Cn1cccn1. The zero-order valence-corrected chi connectivity index (χ0v) is 8.14. The second-order valence-corrected chi connectivity index (χ2v) is 3.39. The summed E-state index contributed by atoms with van der Waals surface area (Å²) < 4.78 is 1.87. The molecular formula is C9H17N3O. The fraction of sp³-hybridized carbons (Fsp3) is 0.667. The molecule has 1 heterocycles. The molecule has 0 aliphatic rings. The summed E-state index contributed by atoms with van der Waals surface area (Å²) in [6, 6.07) is 2.23. The zero-order chi connectivity index (χ0) is 9.68.